The van der Waals surface area contributed by atoms with Crippen LogP contribution in [-0.4, -0.2) is 45.2 Å². The van der Waals surface area contributed by atoms with Crippen molar-refractivity contribution in [1.29, 1.82) is 0 Å². The third kappa shape index (κ3) is 21.8. The van der Waals surface area contributed by atoms with Crippen molar-refractivity contribution in [3.05, 3.63) is 0 Å². The largest absolute Gasteiger partial charge is 0.394 e. The van der Waals surface area contributed by atoms with E-state index in [1.54, 1.807) is 0 Å². The van der Waals surface area contributed by atoms with E-state index in [9.17, 15) is 24.9 Å². The number of carbonyl (C=O) groups excluding carboxylic acids is 2. The lowest BCUT2D eigenvalue weighted by molar-refractivity contribution is -0.166. The van der Waals surface area contributed by atoms with Gasteiger partial charge in [0.05, 0.1) is 6.61 Å². The summed E-state index contributed by atoms with van der Waals surface area (Å²) in [5, 5.41) is 30.6. The van der Waals surface area contributed by atoms with Crippen LogP contribution in [-0.2, 0) is 9.59 Å². The van der Waals surface area contributed by atoms with Gasteiger partial charge in [-0.1, -0.05) is 181 Å². The Morgan fingerprint density at radius 1 is 0.452 bits per heavy atom. The Morgan fingerprint density at radius 2 is 0.667 bits per heavy atom. The van der Waals surface area contributed by atoms with Gasteiger partial charge in [0.1, 0.15) is 6.10 Å². The van der Waals surface area contributed by atoms with E-state index in [4.69, 9.17) is 0 Å². The summed E-state index contributed by atoms with van der Waals surface area (Å²) >= 11 is 0. The smallest absolute Gasteiger partial charge is 0.209 e. The number of Topliss-reactive ketones (excluding diaryl/α,β-unsaturated/α-hetero) is 2. The Morgan fingerprint density at radius 3 is 0.881 bits per heavy atom. The lowest BCUT2D eigenvalue weighted by Crippen LogP contribution is -2.57. The molecule has 0 saturated heterocycles. The fourth-order valence-electron chi connectivity index (χ4n) is 6.00. The number of aliphatic hydroxyl groups is 3. The Kier molecular flexibility index (Phi) is 29.7. The summed E-state index contributed by atoms with van der Waals surface area (Å²) in [4.78, 5) is 25.7. The molecule has 0 aromatic heterocycles. The van der Waals surface area contributed by atoms with Crippen LogP contribution >= 0.6 is 0 Å². The normalized spacial score (nSPS) is 12.6. The minimum absolute atomic E-state index is 0.0655. The van der Waals surface area contributed by atoms with Gasteiger partial charge in [0.25, 0.3) is 0 Å². The lowest BCUT2D eigenvalue weighted by Gasteiger charge is -2.29. The van der Waals surface area contributed by atoms with Crippen molar-refractivity contribution in [3.8, 4) is 0 Å². The van der Waals surface area contributed by atoms with Gasteiger partial charge in [-0.15, -0.1) is 0 Å². The Hall–Kier alpha value is -0.780. The summed E-state index contributed by atoms with van der Waals surface area (Å²) in [5.41, 5.74) is -2.47. The molecule has 5 nitrogen and oxygen atoms in total. The van der Waals surface area contributed by atoms with E-state index in [2.05, 4.69) is 13.8 Å². The number of carbonyl (C=O) groups is 2. The summed E-state index contributed by atoms with van der Waals surface area (Å²) in [5.74, 6) is -1.28. The van der Waals surface area contributed by atoms with E-state index < -0.39 is 29.9 Å². The van der Waals surface area contributed by atoms with Gasteiger partial charge in [0.15, 0.2) is 11.6 Å². The van der Waals surface area contributed by atoms with E-state index >= 15 is 0 Å². The van der Waals surface area contributed by atoms with Crippen molar-refractivity contribution in [2.75, 3.05) is 6.61 Å². The third-order valence-corrected chi connectivity index (χ3v) is 9.02. The number of unbranched alkanes of at least 4 members (excludes halogenated alkanes) is 26. The minimum Gasteiger partial charge on any atom is -0.394 e. The summed E-state index contributed by atoms with van der Waals surface area (Å²) in [6.07, 6.45) is 32.2. The Bertz CT molecular complexity index is 561. The summed E-state index contributed by atoms with van der Waals surface area (Å²) < 4.78 is 0. The second-order valence-corrected chi connectivity index (χ2v) is 13.0. The predicted octanol–water partition coefficient (Wildman–Crippen LogP) is 9.95. The van der Waals surface area contributed by atoms with Crippen LogP contribution in [0.1, 0.15) is 206 Å². The first-order valence-electron chi connectivity index (χ1n) is 18.5. The van der Waals surface area contributed by atoms with Gasteiger partial charge in [-0.3, -0.25) is 9.59 Å². The van der Waals surface area contributed by atoms with E-state index in [0.717, 1.165) is 38.5 Å². The van der Waals surface area contributed by atoms with Gasteiger partial charge in [0, 0.05) is 12.8 Å². The number of ketones is 2. The molecule has 0 heterocycles. The average molecular weight is 597 g/mol. The molecule has 1 atom stereocenters. The maximum absolute atomic E-state index is 12.8. The van der Waals surface area contributed by atoms with E-state index in [0.29, 0.717) is 12.8 Å². The summed E-state index contributed by atoms with van der Waals surface area (Å²) in [6, 6.07) is 0. The first kappa shape index (κ1) is 41.2. The molecule has 0 saturated carbocycles. The highest BCUT2D eigenvalue weighted by Crippen LogP contribution is 2.22. The van der Waals surface area contributed by atoms with E-state index in [1.807, 2.05) is 0 Å². The predicted molar refractivity (Wildman–Crippen MR) is 178 cm³/mol. The first-order valence-corrected chi connectivity index (χ1v) is 18.5. The highest BCUT2D eigenvalue weighted by atomic mass is 16.4. The van der Waals surface area contributed by atoms with Crippen molar-refractivity contribution in [3.63, 3.8) is 0 Å². The molecule has 0 amide bonds. The lowest BCUT2D eigenvalue weighted by atomic mass is 9.82. The molecule has 0 aliphatic rings. The Balaban J connectivity index is 3.95. The molecule has 0 aliphatic carbocycles. The molecule has 0 unspecified atom stereocenters. The molecule has 0 aromatic rings. The molecule has 42 heavy (non-hydrogen) atoms. The Labute approximate surface area is 261 Å². The van der Waals surface area contributed by atoms with Crippen LogP contribution in [0.3, 0.4) is 0 Å². The molecule has 0 aromatic carbocycles. The fourth-order valence-corrected chi connectivity index (χ4v) is 6.00. The molecule has 0 bridgehead atoms. The van der Waals surface area contributed by atoms with Crippen molar-refractivity contribution in [2.45, 2.75) is 218 Å². The molecule has 0 fully saturated rings. The zero-order chi connectivity index (χ0) is 31.2. The molecule has 0 rings (SSSR count). The number of hydrogen-bond acceptors (Lipinski definition) is 5. The van der Waals surface area contributed by atoms with Crippen LogP contribution in [0.25, 0.3) is 0 Å². The van der Waals surface area contributed by atoms with E-state index in [1.165, 1.54) is 128 Å². The molecular weight excluding hydrogens is 524 g/mol. The quantitative estimate of drug-likeness (QED) is 0.0507. The molecule has 0 radical (unpaired) electrons. The van der Waals surface area contributed by atoms with E-state index in [-0.39, 0.29) is 12.8 Å². The molecule has 0 aliphatic heterocycles. The maximum atomic E-state index is 12.8. The van der Waals surface area contributed by atoms with Crippen molar-refractivity contribution in [1.82, 2.24) is 0 Å². The van der Waals surface area contributed by atoms with Crippen LogP contribution in [0.2, 0.25) is 0 Å². The van der Waals surface area contributed by atoms with Crippen LogP contribution in [0.5, 0.6) is 0 Å². The third-order valence-electron chi connectivity index (χ3n) is 9.02. The van der Waals surface area contributed by atoms with Gasteiger partial charge < -0.3 is 15.3 Å². The minimum atomic E-state index is -2.47. The van der Waals surface area contributed by atoms with Gasteiger partial charge in [-0.05, 0) is 12.8 Å². The molecule has 250 valence electrons. The van der Waals surface area contributed by atoms with Crippen LogP contribution in [0.15, 0.2) is 0 Å². The zero-order valence-electron chi connectivity index (χ0n) is 28.2. The van der Waals surface area contributed by atoms with Crippen molar-refractivity contribution >= 4 is 11.6 Å². The van der Waals surface area contributed by atoms with Crippen LogP contribution in [0, 0.1) is 0 Å². The fraction of sp³-hybridized carbons (Fsp3) is 0.946. The topological polar surface area (TPSA) is 94.8 Å². The standard InChI is InChI=1S/C37H72O5/c1-3-5-7-9-11-13-15-17-19-21-23-25-27-29-31-34(39)37(42,36(41)33-38)35(40)32-30-28-26-24-22-20-18-16-14-12-10-8-6-4-2/h36,38,41-42H,3-33H2,1-2H3/t36-/m0/s1. The highest BCUT2D eigenvalue weighted by Gasteiger charge is 2.48. The molecule has 3 N–H and O–H groups in total. The van der Waals surface area contributed by atoms with Crippen LogP contribution in [0.4, 0.5) is 0 Å². The SMILES string of the molecule is CCCCCCCCCCCCCCCCC(=O)C(O)(C(=O)CCCCCCCCCCCCCCCC)[C@@H](O)CO. The maximum Gasteiger partial charge on any atom is 0.209 e. The molecule has 0 spiro atoms. The average Bonchev–Trinajstić information content (AvgIpc) is 3.00. The van der Waals surface area contributed by atoms with Gasteiger partial charge in [-0.25, -0.2) is 0 Å². The second kappa shape index (κ2) is 30.3. The highest BCUT2D eigenvalue weighted by molar-refractivity contribution is 6.10. The van der Waals surface area contributed by atoms with Crippen LogP contribution < -0.4 is 0 Å². The summed E-state index contributed by atoms with van der Waals surface area (Å²) in [6.45, 7) is 3.71. The van der Waals surface area contributed by atoms with Gasteiger partial charge in [-0.2, -0.15) is 0 Å². The summed E-state index contributed by atoms with van der Waals surface area (Å²) in [7, 11) is 0. The van der Waals surface area contributed by atoms with Crippen molar-refractivity contribution < 1.29 is 24.9 Å². The van der Waals surface area contributed by atoms with Gasteiger partial charge in [0.2, 0.25) is 5.60 Å². The molecular formula is C37H72O5. The number of hydrogen-bond donors (Lipinski definition) is 3. The van der Waals surface area contributed by atoms with Gasteiger partial charge >= 0.3 is 0 Å². The molecule has 5 heteroatoms. The number of aliphatic hydroxyl groups excluding tert-OH is 2. The monoisotopic (exact) mass is 597 g/mol. The number of rotatable bonds is 34. The first-order chi connectivity index (χ1) is 20.4. The second-order valence-electron chi connectivity index (χ2n) is 13.0. The van der Waals surface area contributed by atoms with Crippen molar-refractivity contribution in [2.24, 2.45) is 0 Å². The zero-order valence-corrected chi connectivity index (χ0v) is 28.2.